The molecule has 35 heavy (non-hydrogen) atoms. The summed E-state index contributed by atoms with van der Waals surface area (Å²) in [4.78, 5) is 9.57. The Kier molecular flexibility index (Phi) is 7.31. The number of fused-ring (bicyclic) bond motifs is 1. The van der Waals surface area contributed by atoms with Gasteiger partial charge in [-0.2, -0.15) is 4.37 Å². The van der Waals surface area contributed by atoms with E-state index in [1.165, 1.54) is 11.5 Å². The lowest BCUT2D eigenvalue weighted by Gasteiger charge is -2.34. The van der Waals surface area contributed by atoms with Crippen LogP contribution in [0.15, 0.2) is 71.6 Å². The lowest BCUT2D eigenvalue weighted by molar-refractivity contribution is 0.262. The average molecular weight is 528 g/mol. The van der Waals surface area contributed by atoms with Gasteiger partial charge in [-0.15, -0.1) is 0 Å². The van der Waals surface area contributed by atoms with Crippen molar-refractivity contribution in [3.63, 3.8) is 0 Å². The molecule has 4 aromatic rings. The van der Waals surface area contributed by atoms with Gasteiger partial charge >= 0.3 is 0 Å². The Labute approximate surface area is 214 Å². The van der Waals surface area contributed by atoms with Gasteiger partial charge in [0.25, 0.3) is 0 Å². The molecule has 0 bridgehead atoms. The highest BCUT2D eigenvalue weighted by Crippen LogP contribution is 2.23. The molecule has 0 radical (unpaired) electrons. The van der Waals surface area contributed by atoms with E-state index in [1.807, 2.05) is 54.6 Å². The molecular weight excluding hydrogens is 502 g/mol. The van der Waals surface area contributed by atoms with Crippen LogP contribution >= 0.6 is 23.1 Å². The van der Waals surface area contributed by atoms with E-state index in [9.17, 15) is 8.42 Å². The lowest BCUT2D eigenvalue weighted by Crippen LogP contribution is -2.48. The van der Waals surface area contributed by atoms with Crippen LogP contribution in [-0.4, -0.2) is 61.9 Å². The number of rotatable bonds is 8. The summed E-state index contributed by atoms with van der Waals surface area (Å²) in [6.45, 7) is 4.41. The van der Waals surface area contributed by atoms with Gasteiger partial charge in [0.05, 0.1) is 4.90 Å². The number of hydrogen-bond acceptors (Lipinski definition) is 7. The minimum Gasteiger partial charge on any atom is -0.344 e. The maximum absolute atomic E-state index is 12.9. The molecule has 1 aliphatic rings. The third-order valence-electron chi connectivity index (χ3n) is 6.13. The highest BCUT2D eigenvalue weighted by Gasteiger charge is 2.21. The second kappa shape index (κ2) is 10.6. The summed E-state index contributed by atoms with van der Waals surface area (Å²) in [7, 11) is -3.58. The Morgan fingerprint density at radius 2 is 1.69 bits per heavy atom. The van der Waals surface area contributed by atoms with E-state index in [2.05, 4.69) is 18.9 Å². The maximum atomic E-state index is 12.9. The van der Waals surface area contributed by atoms with Crippen LogP contribution in [0.25, 0.3) is 10.8 Å². The molecule has 2 heterocycles. The van der Waals surface area contributed by atoms with Crippen molar-refractivity contribution >= 4 is 49.1 Å². The molecule has 0 saturated carbocycles. The monoisotopic (exact) mass is 527 g/mol. The van der Waals surface area contributed by atoms with Crippen molar-refractivity contribution in [2.24, 2.45) is 0 Å². The van der Waals surface area contributed by atoms with Crippen molar-refractivity contribution in [3.05, 3.63) is 83.1 Å². The molecule has 0 atom stereocenters. The number of benzene rings is 3. The van der Waals surface area contributed by atoms with Crippen LogP contribution in [0.4, 0.5) is 5.13 Å². The van der Waals surface area contributed by atoms with Crippen molar-refractivity contribution in [2.45, 2.75) is 11.3 Å². The molecule has 182 valence electrons. The molecule has 0 unspecified atom stereocenters. The van der Waals surface area contributed by atoms with E-state index in [0.717, 1.165) is 58.5 Å². The fourth-order valence-electron chi connectivity index (χ4n) is 4.24. The number of nitrogens with one attached hydrogen (secondary N) is 1. The minimum atomic E-state index is -3.58. The Balaban J connectivity index is 1.11. The summed E-state index contributed by atoms with van der Waals surface area (Å²) in [5.41, 5.74) is 1.13. The third kappa shape index (κ3) is 5.82. The van der Waals surface area contributed by atoms with Crippen LogP contribution in [0, 0.1) is 0 Å². The van der Waals surface area contributed by atoms with Gasteiger partial charge < -0.3 is 4.90 Å². The molecule has 1 fully saturated rings. The second-order valence-electron chi connectivity index (χ2n) is 8.50. The number of halogens is 1. The van der Waals surface area contributed by atoms with Gasteiger partial charge in [-0.3, -0.25) is 4.90 Å². The van der Waals surface area contributed by atoms with Gasteiger partial charge in [-0.25, -0.2) is 18.1 Å². The van der Waals surface area contributed by atoms with Gasteiger partial charge in [0.1, 0.15) is 5.82 Å². The van der Waals surface area contributed by atoms with Crippen molar-refractivity contribution in [3.8, 4) is 0 Å². The molecule has 1 aromatic heterocycles. The first kappa shape index (κ1) is 24.1. The number of anilines is 1. The number of sulfonamides is 1. The van der Waals surface area contributed by atoms with E-state index >= 15 is 0 Å². The third-order valence-corrected chi connectivity index (χ3v) is 8.72. The summed E-state index contributed by atoms with van der Waals surface area (Å²) in [5.74, 6) is 0.817. The predicted molar refractivity (Wildman–Crippen MR) is 142 cm³/mol. The molecule has 1 aliphatic heterocycles. The topological polar surface area (TPSA) is 78.4 Å². The number of nitrogens with zero attached hydrogens (tertiary/aromatic N) is 4. The molecule has 0 aliphatic carbocycles. The number of hydrogen-bond donors (Lipinski definition) is 1. The van der Waals surface area contributed by atoms with Gasteiger partial charge in [0, 0.05) is 67.6 Å². The zero-order valence-electron chi connectivity index (χ0n) is 19.1. The van der Waals surface area contributed by atoms with E-state index < -0.39 is 10.0 Å². The largest absolute Gasteiger partial charge is 0.344 e. The molecular formula is C25H26ClN5O2S2. The van der Waals surface area contributed by atoms with Crippen LogP contribution in [-0.2, 0) is 16.4 Å². The molecule has 0 spiro atoms. The first-order valence-corrected chi connectivity index (χ1v) is 14.1. The van der Waals surface area contributed by atoms with Crippen LogP contribution in [0.1, 0.15) is 11.4 Å². The van der Waals surface area contributed by atoms with Crippen molar-refractivity contribution < 1.29 is 8.42 Å². The smallest absolute Gasteiger partial charge is 0.241 e. The standard InChI is InChI=1S/C25H26ClN5O2S2/c26-21-10-8-19(9-11-21)18-24-28-25(34-29-24)31-16-14-30(15-17-31)13-12-27-35(32,33)23-7-3-5-20-4-1-2-6-22(20)23/h1-11,27H,12-18H2. The normalized spacial score (nSPS) is 15.1. The fourth-order valence-corrected chi connectivity index (χ4v) is 6.35. The number of aromatic nitrogens is 2. The molecule has 5 rings (SSSR count). The van der Waals surface area contributed by atoms with Crippen molar-refractivity contribution in [2.75, 3.05) is 44.2 Å². The minimum absolute atomic E-state index is 0.325. The lowest BCUT2D eigenvalue weighted by atomic mass is 10.1. The fraction of sp³-hybridized carbons (Fsp3) is 0.280. The van der Waals surface area contributed by atoms with Gasteiger partial charge in [0.2, 0.25) is 15.2 Å². The zero-order chi connectivity index (χ0) is 24.3. The second-order valence-corrected chi connectivity index (χ2v) is 11.4. The molecule has 10 heteroatoms. The molecule has 1 N–H and O–H groups in total. The van der Waals surface area contributed by atoms with Crippen molar-refractivity contribution in [1.29, 1.82) is 0 Å². The van der Waals surface area contributed by atoms with E-state index in [4.69, 9.17) is 16.6 Å². The van der Waals surface area contributed by atoms with Crippen LogP contribution in [0.2, 0.25) is 5.02 Å². The van der Waals surface area contributed by atoms with Gasteiger partial charge in [0.15, 0.2) is 0 Å². The van der Waals surface area contributed by atoms with Crippen LogP contribution in [0.5, 0.6) is 0 Å². The highest BCUT2D eigenvalue weighted by molar-refractivity contribution is 7.89. The molecule has 7 nitrogen and oxygen atoms in total. The quantitative estimate of drug-likeness (QED) is 0.372. The van der Waals surface area contributed by atoms with E-state index in [1.54, 1.807) is 12.1 Å². The molecule has 3 aromatic carbocycles. The summed E-state index contributed by atoms with van der Waals surface area (Å²) in [5, 5.41) is 3.31. The Morgan fingerprint density at radius 1 is 0.943 bits per heavy atom. The summed E-state index contributed by atoms with van der Waals surface area (Å²) in [6.07, 6.45) is 0.685. The highest BCUT2D eigenvalue weighted by atomic mass is 35.5. The maximum Gasteiger partial charge on any atom is 0.241 e. The van der Waals surface area contributed by atoms with Crippen molar-refractivity contribution in [1.82, 2.24) is 19.0 Å². The zero-order valence-corrected chi connectivity index (χ0v) is 21.5. The van der Waals surface area contributed by atoms with E-state index in [0.29, 0.717) is 24.4 Å². The average Bonchev–Trinajstić information content (AvgIpc) is 3.34. The Morgan fingerprint density at radius 3 is 2.49 bits per heavy atom. The molecule has 1 saturated heterocycles. The Hall–Kier alpha value is -2.56. The van der Waals surface area contributed by atoms with Crippen LogP contribution < -0.4 is 9.62 Å². The summed E-state index contributed by atoms with van der Waals surface area (Å²) in [6, 6.07) is 20.7. The number of piperazine rings is 1. The molecule has 0 amide bonds. The SMILES string of the molecule is O=S(=O)(NCCN1CCN(c2nc(Cc3ccc(Cl)cc3)ns2)CC1)c1cccc2ccccc12. The summed E-state index contributed by atoms with van der Waals surface area (Å²) < 4.78 is 33.1. The van der Waals surface area contributed by atoms with Gasteiger partial charge in [-0.1, -0.05) is 60.1 Å². The summed E-state index contributed by atoms with van der Waals surface area (Å²) >= 11 is 7.39. The van der Waals surface area contributed by atoms with Crippen LogP contribution in [0.3, 0.4) is 0 Å². The first-order valence-electron chi connectivity index (χ1n) is 11.5. The predicted octanol–water partition coefficient (Wildman–Crippen LogP) is 4.04. The van der Waals surface area contributed by atoms with Gasteiger partial charge in [-0.05, 0) is 29.1 Å². The van der Waals surface area contributed by atoms with E-state index in [-0.39, 0.29) is 0 Å². The Bertz CT molecular complexity index is 1400. The first-order chi connectivity index (χ1) is 17.0.